The maximum Gasteiger partial charge on any atom is 0.257 e. The Morgan fingerprint density at radius 3 is 2.61 bits per heavy atom. The second kappa shape index (κ2) is 5.33. The van der Waals surface area contributed by atoms with Crippen LogP contribution in [0, 0.1) is 6.92 Å². The largest absolute Gasteiger partial charge is 0.319 e. The lowest BCUT2D eigenvalue weighted by atomic mass is 10.2. The number of nitrogens with one attached hydrogen (secondary N) is 1. The molecule has 1 N–H and O–H groups in total. The summed E-state index contributed by atoms with van der Waals surface area (Å²) in [6, 6.07) is 4.90. The summed E-state index contributed by atoms with van der Waals surface area (Å²) in [5, 5.41) is 3.29. The Kier molecular flexibility index (Phi) is 3.79. The van der Waals surface area contributed by atoms with Crippen LogP contribution in [0.25, 0.3) is 0 Å². The van der Waals surface area contributed by atoms with Gasteiger partial charge in [-0.1, -0.05) is 23.2 Å². The molecule has 0 atom stereocenters. The van der Waals surface area contributed by atoms with Gasteiger partial charge >= 0.3 is 0 Å². The summed E-state index contributed by atoms with van der Waals surface area (Å²) in [4.78, 5) is 19.7. The van der Waals surface area contributed by atoms with E-state index in [1.807, 2.05) is 6.92 Å². The number of pyridine rings is 2. The molecule has 0 saturated heterocycles. The molecule has 0 bridgehead atoms. The van der Waals surface area contributed by atoms with Crippen LogP contribution >= 0.6 is 23.2 Å². The van der Waals surface area contributed by atoms with Gasteiger partial charge in [-0.25, -0.2) is 9.97 Å². The number of amides is 1. The van der Waals surface area contributed by atoms with Crippen LogP contribution in [0.15, 0.2) is 30.6 Å². The molecule has 0 aromatic carbocycles. The molecule has 0 fully saturated rings. The van der Waals surface area contributed by atoms with Gasteiger partial charge in [0.05, 0.1) is 11.3 Å². The Morgan fingerprint density at radius 1 is 1.22 bits per heavy atom. The highest BCUT2D eigenvalue weighted by Gasteiger charge is 2.11. The highest BCUT2D eigenvalue weighted by atomic mass is 35.5. The van der Waals surface area contributed by atoms with Gasteiger partial charge < -0.3 is 5.32 Å². The molecule has 6 heteroatoms. The SMILES string of the molecule is Cc1ccnc(Cl)c1NC(=O)c1ccc(Cl)nc1. The molecule has 4 nitrogen and oxygen atoms in total. The maximum absolute atomic E-state index is 11.9. The van der Waals surface area contributed by atoms with E-state index in [2.05, 4.69) is 15.3 Å². The molecule has 2 heterocycles. The molecular weight excluding hydrogens is 273 g/mol. The van der Waals surface area contributed by atoms with E-state index < -0.39 is 0 Å². The third-order valence-corrected chi connectivity index (χ3v) is 2.85. The number of carbonyl (C=O) groups is 1. The van der Waals surface area contributed by atoms with E-state index in [4.69, 9.17) is 23.2 Å². The standard InChI is InChI=1S/C12H9Cl2N3O/c1-7-4-5-15-11(14)10(7)17-12(18)8-2-3-9(13)16-6-8/h2-6H,1H3,(H,17,18). The minimum Gasteiger partial charge on any atom is -0.319 e. The van der Waals surface area contributed by atoms with Gasteiger partial charge in [-0.2, -0.15) is 0 Å². The van der Waals surface area contributed by atoms with Crippen LogP contribution < -0.4 is 5.32 Å². The summed E-state index contributed by atoms with van der Waals surface area (Å²) >= 11 is 11.6. The second-order valence-corrected chi connectivity index (χ2v) is 4.36. The van der Waals surface area contributed by atoms with Crippen molar-refractivity contribution >= 4 is 34.8 Å². The summed E-state index contributed by atoms with van der Waals surface area (Å²) in [7, 11) is 0. The number of carbonyl (C=O) groups excluding carboxylic acids is 1. The van der Waals surface area contributed by atoms with Gasteiger partial charge in [0.1, 0.15) is 5.15 Å². The summed E-state index contributed by atoms with van der Waals surface area (Å²) in [6.07, 6.45) is 2.98. The van der Waals surface area contributed by atoms with Crippen LogP contribution in [-0.4, -0.2) is 15.9 Å². The van der Waals surface area contributed by atoms with Gasteiger partial charge in [0, 0.05) is 12.4 Å². The molecule has 92 valence electrons. The van der Waals surface area contributed by atoms with Crippen LogP contribution in [0.4, 0.5) is 5.69 Å². The molecule has 0 spiro atoms. The number of rotatable bonds is 2. The molecule has 0 radical (unpaired) electrons. The van der Waals surface area contributed by atoms with E-state index >= 15 is 0 Å². The zero-order chi connectivity index (χ0) is 13.1. The maximum atomic E-state index is 11.9. The van der Waals surface area contributed by atoms with Crippen molar-refractivity contribution in [3.63, 3.8) is 0 Å². The first-order chi connectivity index (χ1) is 8.58. The molecule has 0 unspecified atom stereocenters. The Hall–Kier alpha value is -1.65. The molecule has 2 rings (SSSR count). The van der Waals surface area contributed by atoms with Gasteiger partial charge in [-0.3, -0.25) is 4.79 Å². The van der Waals surface area contributed by atoms with Crippen LogP contribution in [0.5, 0.6) is 0 Å². The first-order valence-corrected chi connectivity index (χ1v) is 5.87. The fourth-order valence-electron chi connectivity index (χ4n) is 1.37. The molecule has 18 heavy (non-hydrogen) atoms. The zero-order valence-corrected chi connectivity index (χ0v) is 11.0. The van der Waals surface area contributed by atoms with E-state index in [-0.39, 0.29) is 11.1 Å². The monoisotopic (exact) mass is 281 g/mol. The molecule has 0 saturated carbocycles. The number of halogens is 2. The summed E-state index contributed by atoms with van der Waals surface area (Å²) in [6.45, 7) is 1.84. The van der Waals surface area contributed by atoms with E-state index in [0.29, 0.717) is 16.4 Å². The van der Waals surface area contributed by atoms with Crippen LogP contribution in [0.3, 0.4) is 0 Å². The van der Waals surface area contributed by atoms with Crippen molar-refractivity contribution in [2.45, 2.75) is 6.92 Å². The van der Waals surface area contributed by atoms with Crippen molar-refractivity contribution in [1.82, 2.24) is 9.97 Å². The third-order valence-electron chi connectivity index (χ3n) is 2.34. The molecular formula is C12H9Cl2N3O. The first-order valence-electron chi connectivity index (χ1n) is 5.12. The average molecular weight is 282 g/mol. The van der Waals surface area contributed by atoms with Gasteiger partial charge in [0.25, 0.3) is 5.91 Å². The smallest absolute Gasteiger partial charge is 0.257 e. The molecule has 0 aliphatic rings. The predicted octanol–water partition coefficient (Wildman–Crippen LogP) is 3.34. The third kappa shape index (κ3) is 2.78. The molecule has 2 aromatic rings. The fourth-order valence-corrected chi connectivity index (χ4v) is 1.74. The van der Waals surface area contributed by atoms with Crippen molar-refractivity contribution in [2.75, 3.05) is 5.32 Å². The number of hydrogen-bond donors (Lipinski definition) is 1. The van der Waals surface area contributed by atoms with Gasteiger partial charge in [0.15, 0.2) is 5.15 Å². The number of aromatic nitrogens is 2. The summed E-state index contributed by atoms with van der Waals surface area (Å²) in [5.74, 6) is -0.308. The minimum atomic E-state index is -0.308. The van der Waals surface area contributed by atoms with Gasteiger partial charge in [-0.05, 0) is 30.7 Å². The minimum absolute atomic E-state index is 0.255. The number of nitrogens with zero attached hydrogens (tertiary/aromatic N) is 2. The quantitative estimate of drug-likeness (QED) is 0.859. The Balaban J connectivity index is 2.24. The van der Waals surface area contributed by atoms with Crippen molar-refractivity contribution < 1.29 is 4.79 Å². The fraction of sp³-hybridized carbons (Fsp3) is 0.0833. The molecule has 2 aromatic heterocycles. The lowest BCUT2D eigenvalue weighted by Crippen LogP contribution is -2.13. The number of anilines is 1. The summed E-state index contributed by atoms with van der Waals surface area (Å²) < 4.78 is 0. The highest BCUT2D eigenvalue weighted by Crippen LogP contribution is 2.23. The van der Waals surface area contributed by atoms with Gasteiger partial charge in [0.2, 0.25) is 0 Å². The Bertz CT molecular complexity index is 564. The highest BCUT2D eigenvalue weighted by molar-refractivity contribution is 6.33. The normalized spacial score (nSPS) is 10.2. The second-order valence-electron chi connectivity index (χ2n) is 3.62. The number of hydrogen-bond acceptors (Lipinski definition) is 3. The average Bonchev–Trinajstić information content (AvgIpc) is 2.34. The van der Waals surface area contributed by atoms with E-state index in [9.17, 15) is 4.79 Å². The van der Waals surface area contributed by atoms with Crippen molar-refractivity contribution in [3.8, 4) is 0 Å². The zero-order valence-electron chi connectivity index (χ0n) is 9.45. The molecule has 0 aliphatic carbocycles. The Morgan fingerprint density at radius 2 is 2.00 bits per heavy atom. The topological polar surface area (TPSA) is 54.9 Å². The van der Waals surface area contributed by atoms with Crippen LogP contribution in [-0.2, 0) is 0 Å². The first kappa shape index (κ1) is 12.8. The molecule has 0 aliphatic heterocycles. The van der Waals surface area contributed by atoms with Crippen LogP contribution in [0.1, 0.15) is 15.9 Å². The van der Waals surface area contributed by atoms with Crippen molar-refractivity contribution in [1.29, 1.82) is 0 Å². The lowest BCUT2D eigenvalue weighted by Gasteiger charge is -2.09. The summed E-state index contributed by atoms with van der Waals surface area (Å²) in [5.41, 5.74) is 1.74. The van der Waals surface area contributed by atoms with E-state index in [0.717, 1.165) is 5.56 Å². The Labute approximate surface area is 114 Å². The predicted molar refractivity (Wildman–Crippen MR) is 71.2 cm³/mol. The van der Waals surface area contributed by atoms with Gasteiger partial charge in [-0.15, -0.1) is 0 Å². The van der Waals surface area contributed by atoms with Crippen molar-refractivity contribution in [3.05, 3.63) is 52.0 Å². The molecule has 1 amide bonds. The van der Waals surface area contributed by atoms with Crippen molar-refractivity contribution in [2.24, 2.45) is 0 Å². The van der Waals surface area contributed by atoms with E-state index in [1.165, 1.54) is 6.20 Å². The lowest BCUT2D eigenvalue weighted by molar-refractivity contribution is 0.102. The number of aryl methyl sites for hydroxylation is 1. The van der Waals surface area contributed by atoms with E-state index in [1.54, 1.807) is 24.4 Å². The van der Waals surface area contributed by atoms with Crippen LogP contribution in [0.2, 0.25) is 10.3 Å².